The lowest BCUT2D eigenvalue weighted by atomic mass is 10.2. The van der Waals surface area contributed by atoms with Crippen molar-refractivity contribution in [2.75, 3.05) is 31.1 Å². The molecule has 0 aliphatic carbocycles. The van der Waals surface area contributed by atoms with Crippen molar-refractivity contribution in [2.24, 2.45) is 0 Å². The molecule has 3 rings (SSSR count). The summed E-state index contributed by atoms with van der Waals surface area (Å²) in [5, 5.41) is 8.11. The molecule has 0 aromatic carbocycles. The Morgan fingerprint density at radius 2 is 1.91 bits per heavy atom. The van der Waals surface area contributed by atoms with Crippen LogP contribution in [0.3, 0.4) is 0 Å². The van der Waals surface area contributed by atoms with Gasteiger partial charge in [-0.2, -0.15) is 0 Å². The smallest absolute Gasteiger partial charge is 0.318 e. The third-order valence-electron chi connectivity index (χ3n) is 3.55. The minimum absolute atomic E-state index is 0.0984. The molecule has 0 N–H and O–H groups in total. The second-order valence-corrected chi connectivity index (χ2v) is 6.24. The first-order valence-electron chi connectivity index (χ1n) is 7.17. The van der Waals surface area contributed by atoms with Crippen LogP contribution in [0.2, 0.25) is 0 Å². The van der Waals surface area contributed by atoms with Crippen LogP contribution in [-0.2, 0) is 0 Å². The highest BCUT2D eigenvalue weighted by Crippen LogP contribution is 2.21. The number of nitrogens with zero attached hydrogens (tertiary/aromatic N) is 4. The summed E-state index contributed by atoms with van der Waals surface area (Å²) in [5.74, 6) is 1.09. The summed E-state index contributed by atoms with van der Waals surface area (Å²) in [7, 11) is 0. The van der Waals surface area contributed by atoms with E-state index in [0.717, 1.165) is 0 Å². The van der Waals surface area contributed by atoms with Gasteiger partial charge in [0.05, 0.1) is 0 Å². The maximum Gasteiger partial charge on any atom is 0.318 e. The van der Waals surface area contributed by atoms with Gasteiger partial charge in [0, 0.05) is 32.1 Å². The van der Waals surface area contributed by atoms with Crippen LogP contribution in [0.1, 0.15) is 36.2 Å². The Labute approximate surface area is 136 Å². The van der Waals surface area contributed by atoms with Gasteiger partial charge in [-0.1, -0.05) is 18.9 Å². The SMILES string of the molecule is CC(C)c1nnc(N2CCN(C(=O)c3ccc(Br)o3)CC2)o1. The number of carbonyl (C=O) groups is 1. The van der Waals surface area contributed by atoms with Crippen molar-refractivity contribution in [3.8, 4) is 0 Å². The minimum atomic E-state index is -0.0984. The fourth-order valence-corrected chi connectivity index (χ4v) is 2.58. The van der Waals surface area contributed by atoms with Gasteiger partial charge < -0.3 is 18.6 Å². The fourth-order valence-electron chi connectivity index (χ4n) is 2.27. The molecule has 7 nitrogen and oxygen atoms in total. The fraction of sp³-hybridized carbons (Fsp3) is 0.500. The molecule has 2 aromatic rings. The lowest BCUT2D eigenvalue weighted by molar-refractivity contribution is 0.0711. The standard InChI is InChI=1S/C14H17BrN4O3/c1-9(2)12-16-17-14(22-12)19-7-5-18(6-8-19)13(20)10-3-4-11(15)21-10/h3-4,9H,5-8H2,1-2H3. The molecule has 8 heteroatoms. The quantitative estimate of drug-likeness (QED) is 0.828. The van der Waals surface area contributed by atoms with Crippen LogP contribution in [0.25, 0.3) is 0 Å². The molecule has 1 aliphatic heterocycles. The Hall–Kier alpha value is -1.83. The summed E-state index contributed by atoms with van der Waals surface area (Å²) in [5.41, 5.74) is 0. The Kier molecular flexibility index (Phi) is 4.19. The number of anilines is 1. The summed E-state index contributed by atoms with van der Waals surface area (Å²) in [6.07, 6.45) is 0. The van der Waals surface area contributed by atoms with E-state index >= 15 is 0 Å². The Morgan fingerprint density at radius 3 is 2.45 bits per heavy atom. The highest BCUT2D eigenvalue weighted by Gasteiger charge is 2.26. The third kappa shape index (κ3) is 3.01. The molecule has 0 unspecified atom stereocenters. The first-order valence-corrected chi connectivity index (χ1v) is 7.97. The number of hydrogen-bond donors (Lipinski definition) is 0. The number of aromatic nitrogens is 2. The minimum Gasteiger partial charge on any atom is -0.444 e. The predicted molar refractivity (Wildman–Crippen MR) is 82.9 cm³/mol. The van der Waals surface area contributed by atoms with Crippen molar-refractivity contribution in [3.05, 3.63) is 28.5 Å². The van der Waals surface area contributed by atoms with Gasteiger partial charge >= 0.3 is 6.01 Å². The van der Waals surface area contributed by atoms with Gasteiger partial charge in [0.2, 0.25) is 5.89 Å². The van der Waals surface area contributed by atoms with E-state index < -0.39 is 0 Å². The Morgan fingerprint density at radius 1 is 1.18 bits per heavy atom. The van der Waals surface area contributed by atoms with Crippen molar-refractivity contribution in [2.45, 2.75) is 19.8 Å². The zero-order valence-electron chi connectivity index (χ0n) is 12.5. The number of piperazine rings is 1. The lowest BCUT2D eigenvalue weighted by Crippen LogP contribution is -2.48. The van der Waals surface area contributed by atoms with Crippen molar-refractivity contribution < 1.29 is 13.6 Å². The normalized spacial score (nSPS) is 15.6. The first-order chi connectivity index (χ1) is 10.5. The third-order valence-corrected chi connectivity index (χ3v) is 3.97. The summed E-state index contributed by atoms with van der Waals surface area (Å²) in [6.45, 7) is 6.53. The molecule has 0 saturated carbocycles. The average molecular weight is 369 g/mol. The maximum absolute atomic E-state index is 12.3. The van der Waals surface area contributed by atoms with Gasteiger partial charge in [0.15, 0.2) is 10.4 Å². The highest BCUT2D eigenvalue weighted by atomic mass is 79.9. The molecule has 2 aromatic heterocycles. The number of amides is 1. The van der Waals surface area contributed by atoms with Crippen molar-refractivity contribution in [1.82, 2.24) is 15.1 Å². The van der Waals surface area contributed by atoms with E-state index in [1.807, 2.05) is 18.7 Å². The molecular weight excluding hydrogens is 352 g/mol. The zero-order chi connectivity index (χ0) is 15.7. The van der Waals surface area contributed by atoms with Crippen LogP contribution in [0.15, 0.2) is 25.6 Å². The molecule has 22 heavy (non-hydrogen) atoms. The molecule has 0 radical (unpaired) electrons. The number of carbonyl (C=O) groups excluding carboxylic acids is 1. The largest absolute Gasteiger partial charge is 0.444 e. The molecule has 3 heterocycles. The molecule has 1 aliphatic rings. The Balaban J connectivity index is 1.61. The number of hydrogen-bond acceptors (Lipinski definition) is 6. The molecule has 118 valence electrons. The van der Waals surface area contributed by atoms with Crippen LogP contribution in [0.4, 0.5) is 6.01 Å². The first kappa shape index (κ1) is 15.1. The average Bonchev–Trinajstić information content (AvgIpc) is 3.16. The zero-order valence-corrected chi connectivity index (χ0v) is 14.0. The molecule has 1 fully saturated rings. The molecular formula is C14H17BrN4O3. The van der Waals surface area contributed by atoms with Crippen LogP contribution in [0, 0.1) is 0 Å². The summed E-state index contributed by atoms with van der Waals surface area (Å²) in [6, 6.07) is 3.91. The van der Waals surface area contributed by atoms with Crippen molar-refractivity contribution in [1.29, 1.82) is 0 Å². The van der Waals surface area contributed by atoms with E-state index in [9.17, 15) is 4.79 Å². The van der Waals surface area contributed by atoms with E-state index in [0.29, 0.717) is 48.5 Å². The van der Waals surface area contributed by atoms with Crippen LogP contribution in [-0.4, -0.2) is 47.2 Å². The number of halogens is 1. The summed E-state index contributed by atoms with van der Waals surface area (Å²) in [4.78, 5) is 16.1. The van der Waals surface area contributed by atoms with Gasteiger partial charge in [0.1, 0.15) is 0 Å². The van der Waals surface area contributed by atoms with E-state index in [4.69, 9.17) is 8.83 Å². The summed E-state index contributed by atoms with van der Waals surface area (Å²) >= 11 is 3.21. The van der Waals surface area contributed by atoms with Gasteiger partial charge in [-0.15, -0.1) is 5.10 Å². The predicted octanol–water partition coefficient (Wildman–Crippen LogP) is 2.51. The second-order valence-electron chi connectivity index (χ2n) is 5.46. The van der Waals surface area contributed by atoms with Gasteiger partial charge in [0.25, 0.3) is 5.91 Å². The monoisotopic (exact) mass is 368 g/mol. The van der Waals surface area contributed by atoms with Gasteiger partial charge in [-0.25, -0.2) is 0 Å². The molecule has 0 spiro atoms. The second kappa shape index (κ2) is 6.12. The van der Waals surface area contributed by atoms with E-state index in [-0.39, 0.29) is 11.8 Å². The number of rotatable bonds is 3. The van der Waals surface area contributed by atoms with Crippen LogP contribution in [0.5, 0.6) is 0 Å². The number of furan rings is 1. The van der Waals surface area contributed by atoms with Crippen LogP contribution < -0.4 is 4.90 Å². The van der Waals surface area contributed by atoms with Crippen molar-refractivity contribution >= 4 is 27.9 Å². The van der Waals surface area contributed by atoms with E-state index in [1.54, 1.807) is 17.0 Å². The topological polar surface area (TPSA) is 75.6 Å². The van der Waals surface area contributed by atoms with E-state index in [1.165, 1.54) is 0 Å². The molecule has 1 saturated heterocycles. The van der Waals surface area contributed by atoms with Crippen LogP contribution >= 0.6 is 15.9 Å². The molecule has 1 amide bonds. The Bertz CT molecular complexity index is 659. The van der Waals surface area contributed by atoms with Gasteiger partial charge in [-0.05, 0) is 28.1 Å². The highest BCUT2D eigenvalue weighted by molar-refractivity contribution is 9.10. The lowest BCUT2D eigenvalue weighted by Gasteiger charge is -2.33. The maximum atomic E-state index is 12.3. The van der Waals surface area contributed by atoms with Gasteiger partial charge in [-0.3, -0.25) is 4.79 Å². The summed E-state index contributed by atoms with van der Waals surface area (Å²) < 4.78 is 11.5. The molecule has 0 atom stereocenters. The van der Waals surface area contributed by atoms with E-state index in [2.05, 4.69) is 26.1 Å². The van der Waals surface area contributed by atoms with Crippen molar-refractivity contribution in [3.63, 3.8) is 0 Å². The molecule has 0 bridgehead atoms.